The zero-order chi connectivity index (χ0) is 16.1. The Morgan fingerprint density at radius 3 is 2.68 bits per heavy atom. The number of alkyl halides is 2. The highest BCUT2D eigenvalue weighted by Gasteiger charge is 2.26. The zero-order valence-electron chi connectivity index (χ0n) is 12.3. The van der Waals surface area contributed by atoms with Gasteiger partial charge in [0.2, 0.25) is 0 Å². The van der Waals surface area contributed by atoms with Crippen LogP contribution >= 0.6 is 0 Å². The van der Waals surface area contributed by atoms with Gasteiger partial charge in [-0.2, -0.15) is 8.78 Å². The summed E-state index contributed by atoms with van der Waals surface area (Å²) in [6.45, 7) is 0.0112. The van der Waals surface area contributed by atoms with Gasteiger partial charge in [-0.1, -0.05) is 0 Å². The highest BCUT2D eigenvalue weighted by molar-refractivity contribution is 5.89. The van der Waals surface area contributed by atoms with Gasteiger partial charge in [-0.3, -0.25) is 0 Å². The lowest BCUT2D eigenvalue weighted by Gasteiger charge is -2.34. The molecule has 1 aromatic rings. The van der Waals surface area contributed by atoms with E-state index in [1.165, 1.54) is 24.3 Å². The predicted molar refractivity (Wildman–Crippen MR) is 78.1 cm³/mol. The van der Waals surface area contributed by atoms with Gasteiger partial charge in [0.1, 0.15) is 5.75 Å². The standard InChI is InChI=1S/C15H20F2N2O3/c1-10(20)11-3-2-8-19(9-11)15(21)18-12-4-6-13(7-5-12)22-14(16)17/h4-7,10-11,14,20H,2-3,8-9H2,1H3,(H,18,21). The van der Waals surface area contributed by atoms with E-state index >= 15 is 0 Å². The van der Waals surface area contributed by atoms with Crippen LogP contribution in [0.2, 0.25) is 0 Å². The number of anilines is 1. The maximum Gasteiger partial charge on any atom is 0.387 e. The van der Waals surface area contributed by atoms with E-state index in [0.29, 0.717) is 18.8 Å². The molecule has 0 aromatic heterocycles. The highest BCUT2D eigenvalue weighted by Crippen LogP contribution is 2.22. The Morgan fingerprint density at radius 1 is 1.41 bits per heavy atom. The number of urea groups is 1. The topological polar surface area (TPSA) is 61.8 Å². The number of likely N-dealkylation sites (tertiary alicyclic amines) is 1. The van der Waals surface area contributed by atoms with Crippen LogP contribution in [0.15, 0.2) is 24.3 Å². The maximum atomic E-state index is 12.2. The number of piperidine rings is 1. The van der Waals surface area contributed by atoms with E-state index in [2.05, 4.69) is 10.1 Å². The molecule has 0 bridgehead atoms. The number of amides is 2. The van der Waals surface area contributed by atoms with Crippen molar-refractivity contribution in [2.45, 2.75) is 32.5 Å². The van der Waals surface area contributed by atoms with Crippen molar-refractivity contribution in [1.82, 2.24) is 4.90 Å². The Morgan fingerprint density at radius 2 is 2.09 bits per heavy atom. The third-order valence-corrected chi connectivity index (χ3v) is 3.76. The first kappa shape index (κ1) is 16.5. The third-order valence-electron chi connectivity index (χ3n) is 3.76. The fourth-order valence-electron chi connectivity index (χ4n) is 2.51. The second-order valence-corrected chi connectivity index (χ2v) is 5.42. The molecule has 22 heavy (non-hydrogen) atoms. The molecule has 0 spiro atoms. The van der Waals surface area contributed by atoms with E-state index in [1.807, 2.05) is 0 Å². The van der Waals surface area contributed by atoms with Crippen molar-refractivity contribution in [1.29, 1.82) is 0 Å². The molecule has 1 aromatic carbocycles. The molecule has 2 amide bonds. The second-order valence-electron chi connectivity index (χ2n) is 5.42. The minimum atomic E-state index is -2.87. The monoisotopic (exact) mass is 314 g/mol. The third kappa shape index (κ3) is 4.56. The number of ether oxygens (including phenoxy) is 1. The molecule has 2 rings (SSSR count). The van der Waals surface area contributed by atoms with E-state index in [4.69, 9.17) is 0 Å². The van der Waals surface area contributed by atoms with Gasteiger partial charge in [0.15, 0.2) is 0 Å². The molecule has 0 radical (unpaired) electrons. The minimum absolute atomic E-state index is 0.0418. The van der Waals surface area contributed by atoms with Gasteiger partial charge in [-0.05, 0) is 44.0 Å². The number of nitrogens with zero attached hydrogens (tertiary/aromatic N) is 1. The number of rotatable bonds is 4. The molecule has 1 fully saturated rings. The Bertz CT molecular complexity index is 494. The van der Waals surface area contributed by atoms with E-state index in [1.54, 1.807) is 11.8 Å². The highest BCUT2D eigenvalue weighted by atomic mass is 19.3. The van der Waals surface area contributed by atoms with Crippen LogP contribution in [0.1, 0.15) is 19.8 Å². The van der Waals surface area contributed by atoms with Gasteiger partial charge in [0, 0.05) is 24.7 Å². The molecule has 1 aliphatic heterocycles. The molecule has 2 atom stereocenters. The number of aliphatic hydroxyl groups excluding tert-OH is 1. The smallest absolute Gasteiger partial charge is 0.387 e. The summed E-state index contributed by atoms with van der Waals surface area (Å²) in [5.41, 5.74) is 0.505. The average molecular weight is 314 g/mol. The van der Waals surface area contributed by atoms with Crippen LogP contribution in [-0.4, -0.2) is 41.8 Å². The second kappa shape index (κ2) is 7.40. The normalized spacial score (nSPS) is 19.9. The Labute approximate surface area is 127 Å². The van der Waals surface area contributed by atoms with Crippen molar-refractivity contribution in [3.05, 3.63) is 24.3 Å². The molecule has 5 nitrogen and oxygen atoms in total. The summed E-state index contributed by atoms with van der Waals surface area (Å²) in [5.74, 6) is 0.126. The van der Waals surface area contributed by atoms with Crippen LogP contribution in [0.25, 0.3) is 0 Å². The Hall–Kier alpha value is -1.89. The quantitative estimate of drug-likeness (QED) is 0.898. The van der Waals surface area contributed by atoms with Crippen LogP contribution in [0.3, 0.4) is 0 Å². The first-order valence-electron chi connectivity index (χ1n) is 7.24. The maximum absolute atomic E-state index is 12.2. The summed E-state index contributed by atoms with van der Waals surface area (Å²) >= 11 is 0. The molecule has 1 saturated heterocycles. The lowest BCUT2D eigenvalue weighted by atomic mass is 9.94. The first-order valence-corrected chi connectivity index (χ1v) is 7.24. The fourth-order valence-corrected chi connectivity index (χ4v) is 2.51. The zero-order valence-corrected chi connectivity index (χ0v) is 12.3. The van der Waals surface area contributed by atoms with Crippen LogP contribution in [-0.2, 0) is 0 Å². The van der Waals surface area contributed by atoms with E-state index in [-0.39, 0.29) is 17.7 Å². The number of carbonyl (C=O) groups is 1. The number of nitrogens with one attached hydrogen (secondary N) is 1. The SMILES string of the molecule is CC(O)C1CCCN(C(=O)Nc2ccc(OC(F)F)cc2)C1. The number of hydrogen-bond acceptors (Lipinski definition) is 3. The molecule has 0 saturated carbocycles. The van der Waals surface area contributed by atoms with Crippen LogP contribution < -0.4 is 10.1 Å². The number of carbonyl (C=O) groups excluding carboxylic acids is 1. The summed E-state index contributed by atoms with van der Waals surface area (Å²) in [4.78, 5) is 13.8. The van der Waals surface area contributed by atoms with Crippen molar-refractivity contribution < 1.29 is 23.4 Å². The molecular weight excluding hydrogens is 294 g/mol. The van der Waals surface area contributed by atoms with Crippen molar-refractivity contribution in [2.24, 2.45) is 5.92 Å². The summed E-state index contributed by atoms with van der Waals surface area (Å²) < 4.78 is 28.4. The van der Waals surface area contributed by atoms with Crippen molar-refractivity contribution in [3.63, 3.8) is 0 Å². The Balaban J connectivity index is 1.91. The molecule has 0 aliphatic carbocycles. The molecule has 2 unspecified atom stereocenters. The molecule has 1 aliphatic rings. The van der Waals surface area contributed by atoms with Gasteiger partial charge in [0.25, 0.3) is 0 Å². The number of halogens is 2. The molecule has 7 heteroatoms. The largest absolute Gasteiger partial charge is 0.435 e. The van der Waals surface area contributed by atoms with Gasteiger partial charge in [-0.15, -0.1) is 0 Å². The summed E-state index contributed by atoms with van der Waals surface area (Å²) in [6.07, 6.45) is 1.31. The molecule has 122 valence electrons. The van der Waals surface area contributed by atoms with Crippen molar-refractivity contribution >= 4 is 11.7 Å². The number of benzene rings is 1. The first-order chi connectivity index (χ1) is 10.5. The summed E-state index contributed by atoms with van der Waals surface area (Å²) in [7, 11) is 0. The van der Waals surface area contributed by atoms with Crippen LogP contribution in [0.5, 0.6) is 5.75 Å². The Kier molecular flexibility index (Phi) is 5.54. The van der Waals surface area contributed by atoms with Crippen LogP contribution in [0.4, 0.5) is 19.3 Å². The molecule has 1 heterocycles. The number of aliphatic hydroxyl groups is 1. The number of hydrogen-bond donors (Lipinski definition) is 2. The van der Waals surface area contributed by atoms with Crippen LogP contribution in [0, 0.1) is 5.92 Å². The fraction of sp³-hybridized carbons (Fsp3) is 0.533. The summed E-state index contributed by atoms with van der Waals surface area (Å²) in [6, 6.07) is 5.50. The van der Waals surface area contributed by atoms with Gasteiger partial charge in [0.05, 0.1) is 6.10 Å². The van der Waals surface area contributed by atoms with Crippen molar-refractivity contribution in [2.75, 3.05) is 18.4 Å². The lowest BCUT2D eigenvalue weighted by molar-refractivity contribution is -0.0498. The molecule has 2 N–H and O–H groups in total. The molecular formula is C15H20F2N2O3. The van der Waals surface area contributed by atoms with Gasteiger partial charge in [-0.25, -0.2) is 4.79 Å². The van der Waals surface area contributed by atoms with E-state index in [9.17, 15) is 18.7 Å². The summed E-state index contributed by atoms with van der Waals surface area (Å²) in [5, 5.41) is 12.3. The van der Waals surface area contributed by atoms with Crippen molar-refractivity contribution in [3.8, 4) is 5.75 Å². The average Bonchev–Trinajstić information content (AvgIpc) is 2.49. The minimum Gasteiger partial charge on any atom is -0.435 e. The lowest BCUT2D eigenvalue weighted by Crippen LogP contribution is -2.44. The van der Waals surface area contributed by atoms with E-state index in [0.717, 1.165) is 12.8 Å². The van der Waals surface area contributed by atoms with Gasteiger partial charge < -0.3 is 20.1 Å². The van der Waals surface area contributed by atoms with Gasteiger partial charge >= 0.3 is 12.6 Å². The van der Waals surface area contributed by atoms with E-state index < -0.39 is 12.7 Å². The predicted octanol–water partition coefficient (Wildman–Crippen LogP) is 2.91.